The summed E-state index contributed by atoms with van der Waals surface area (Å²) in [5, 5.41) is 6.19. The van der Waals surface area contributed by atoms with Gasteiger partial charge in [-0.15, -0.1) is 5.10 Å². The molecule has 3 nitrogen and oxygen atoms in total. The molecule has 16 heavy (non-hydrogen) atoms. The number of halogens is 5. The number of nitrogens with zero attached hydrogens (tertiary/aromatic N) is 3. The zero-order chi connectivity index (χ0) is 12.6. The van der Waals surface area contributed by atoms with Gasteiger partial charge in [0, 0.05) is 6.54 Å². The van der Waals surface area contributed by atoms with Gasteiger partial charge >= 0.3 is 12.1 Å². The Balaban J connectivity index is 3.14. The van der Waals surface area contributed by atoms with Crippen LogP contribution in [0, 0.1) is 6.92 Å². The zero-order valence-electron chi connectivity index (χ0n) is 8.65. The van der Waals surface area contributed by atoms with Crippen molar-refractivity contribution in [3.63, 3.8) is 0 Å². The first kappa shape index (κ1) is 12.9. The van der Waals surface area contributed by atoms with Crippen LogP contribution in [0.2, 0.25) is 0 Å². The van der Waals surface area contributed by atoms with Gasteiger partial charge in [0.15, 0.2) is 5.69 Å². The fraction of sp³-hybridized carbons (Fsp3) is 0.750. The number of aryl methyl sites for hydroxylation is 1. The monoisotopic (exact) mass is 243 g/mol. The minimum absolute atomic E-state index is 0.257. The molecule has 0 radical (unpaired) electrons. The van der Waals surface area contributed by atoms with Gasteiger partial charge in [-0.05, 0) is 13.3 Å². The van der Waals surface area contributed by atoms with Crippen LogP contribution in [-0.2, 0) is 12.5 Å². The molecule has 0 saturated heterocycles. The second-order valence-corrected chi connectivity index (χ2v) is 3.32. The molecule has 0 aromatic carbocycles. The van der Waals surface area contributed by atoms with Crippen LogP contribution in [0.25, 0.3) is 0 Å². The summed E-state index contributed by atoms with van der Waals surface area (Å²) < 4.78 is 63.1. The summed E-state index contributed by atoms with van der Waals surface area (Å²) >= 11 is 0. The van der Waals surface area contributed by atoms with Crippen LogP contribution in [0.5, 0.6) is 0 Å². The van der Waals surface area contributed by atoms with Crippen molar-refractivity contribution in [2.24, 2.45) is 0 Å². The molecular weight excluding hydrogens is 233 g/mol. The predicted octanol–water partition coefficient (Wildman–Crippen LogP) is 2.65. The molecular formula is C8H10F5N3. The van der Waals surface area contributed by atoms with Gasteiger partial charge in [-0.3, -0.25) is 0 Å². The number of hydrogen-bond acceptors (Lipinski definition) is 2. The van der Waals surface area contributed by atoms with Crippen LogP contribution in [0.3, 0.4) is 0 Å². The number of aromatic nitrogens is 3. The van der Waals surface area contributed by atoms with E-state index < -0.39 is 17.8 Å². The van der Waals surface area contributed by atoms with E-state index in [-0.39, 0.29) is 12.2 Å². The van der Waals surface area contributed by atoms with Gasteiger partial charge in [-0.25, -0.2) is 4.68 Å². The average molecular weight is 243 g/mol. The second-order valence-electron chi connectivity index (χ2n) is 3.32. The van der Waals surface area contributed by atoms with E-state index in [1.807, 2.05) is 0 Å². The van der Waals surface area contributed by atoms with Gasteiger partial charge in [0.2, 0.25) is 0 Å². The van der Waals surface area contributed by atoms with Crippen molar-refractivity contribution < 1.29 is 22.0 Å². The minimum atomic E-state index is -5.65. The molecule has 8 heteroatoms. The average Bonchev–Trinajstić information content (AvgIpc) is 2.47. The lowest BCUT2D eigenvalue weighted by Crippen LogP contribution is -2.34. The maximum Gasteiger partial charge on any atom is 0.459 e. The van der Waals surface area contributed by atoms with Crippen LogP contribution < -0.4 is 0 Å². The third-order valence-corrected chi connectivity index (χ3v) is 2.07. The Morgan fingerprint density at radius 1 is 1.19 bits per heavy atom. The lowest BCUT2D eigenvalue weighted by Gasteiger charge is -2.17. The highest BCUT2D eigenvalue weighted by Gasteiger charge is 2.61. The van der Waals surface area contributed by atoms with Crippen molar-refractivity contribution in [3.05, 3.63) is 11.4 Å². The fourth-order valence-corrected chi connectivity index (χ4v) is 1.21. The Morgan fingerprint density at radius 2 is 1.75 bits per heavy atom. The first-order valence-electron chi connectivity index (χ1n) is 4.57. The van der Waals surface area contributed by atoms with Gasteiger partial charge in [0.05, 0.1) is 5.69 Å². The van der Waals surface area contributed by atoms with Crippen LogP contribution in [-0.4, -0.2) is 21.2 Å². The SMILES string of the molecule is CCCn1nnc(C(F)(F)C(F)(F)F)c1C. The first-order valence-corrected chi connectivity index (χ1v) is 4.57. The predicted molar refractivity (Wildman–Crippen MR) is 45.0 cm³/mol. The molecule has 0 aliphatic rings. The van der Waals surface area contributed by atoms with Crippen molar-refractivity contribution in [1.82, 2.24) is 15.0 Å². The summed E-state index contributed by atoms with van der Waals surface area (Å²) in [6.07, 6.45) is -5.08. The smallest absolute Gasteiger partial charge is 0.249 e. The van der Waals surface area contributed by atoms with Crippen molar-refractivity contribution in [3.8, 4) is 0 Å². The maximum atomic E-state index is 12.9. The normalized spacial score (nSPS) is 13.2. The molecule has 1 heterocycles. The molecule has 0 aliphatic heterocycles. The van der Waals surface area contributed by atoms with Crippen LogP contribution in [0.1, 0.15) is 24.7 Å². The molecule has 1 aromatic heterocycles. The molecule has 0 atom stereocenters. The van der Waals surface area contributed by atoms with Crippen LogP contribution in [0.4, 0.5) is 22.0 Å². The van der Waals surface area contributed by atoms with Crippen molar-refractivity contribution in [2.75, 3.05) is 0 Å². The molecule has 0 aliphatic carbocycles. The van der Waals surface area contributed by atoms with Crippen LogP contribution >= 0.6 is 0 Å². The van der Waals surface area contributed by atoms with E-state index in [0.717, 1.165) is 11.6 Å². The highest BCUT2D eigenvalue weighted by molar-refractivity contribution is 5.16. The molecule has 0 saturated carbocycles. The molecule has 0 bridgehead atoms. The fourth-order valence-electron chi connectivity index (χ4n) is 1.21. The van der Waals surface area contributed by atoms with E-state index in [1.54, 1.807) is 6.92 Å². The van der Waals surface area contributed by atoms with E-state index in [0.29, 0.717) is 6.42 Å². The van der Waals surface area contributed by atoms with Gasteiger partial charge in [-0.1, -0.05) is 12.1 Å². The lowest BCUT2D eigenvalue weighted by molar-refractivity contribution is -0.291. The highest BCUT2D eigenvalue weighted by atomic mass is 19.4. The lowest BCUT2D eigenvalue weighted by atomic mass is 10.2. The summed E-state index contributed by atoms with van der Waals surface area (Å²) in [6, 6.07) is 0. The van der Waals surface area contributed by atoms with Gasteiger partial charge in [-0.2, -0.15) is 22.0 Å². The van der Waals surface area contributed by atoms with E-state index in [1.165, 1.54) is 0 Å². The zero-order valence-corrected chi connectivity index (χ0v) is 8.65. The van der Waals surface area contributed by atoms with Gasteiger partial charge in [0.1, 0.15) is 0 Å². The molecule has 0 fully saturated rings. The van der Waals surface area contributed by atoms with Crippen LogP contribution in [0.15, 0.2) is 0 Å². The highest BCUT2D eigenvalue weighted by Crippen LogP contribution is 2.43. The summed E-state index contributed by atoms with van der Waals surface area (Å²) in [5.41, 5.74) is -1.59. The number of alkyl halides is 5. The van der Waals surface area contributed by atoms with Crippen molar-refractivity contribution >= 4 is 0 Å². The minimum Gasteiger partial charge on any atom is -0.249 e. The molecule has 0 amide bonds. The van der Waals surface area contributed by atoms with Gasteiger partial charge < -0.3 is 0 Å². The Labute approximate surface area is 88.2 Å². The Hall–Kier alpha value is -1.21. The summed E-state index contributed by atoms with van der Waals surface area (Å²) in [6.45, 7) is 3.15. The number of hydrogen-bond donors (Lipinski definition) is 0. The van der Waals surface area contributed by atoms with Crippen molar-refractivity contribution in [2.45, 2.75) is 38.9 Å². The molecule has 0 unspecified atom stereocenters. The van der Waals surface area contributed by atoms with E-state index in [2.05, 4.69) is 10.3 Å². The Bertz CT molecular complexity index is 368. The standard InChI is InChI=1S/C8H10F5N3/c1-3-4-16-5(2)6(14-15-16)7(9,10)8(11,12)13/h3-4H2,1-2H3. The van der Waals surface area contributed by atoms with Gasteiger partial charge in [0.25, 0.3) is 0 Å². The molecule has 1 rings (SSSR count). The topological polar surface area (TPSA) is 30.7 Å². The maximum absolute atomic E-state index is 12.9. The Kier molecular flexibility index (Phi) is 3.20. The second kappa shape index (κ2) is 3.99. The Morgan fingerprint density at radius 3 is 2.19 bits per heavy atom. The number of rotatable bonds is 3. The summed E-state index contributed by atoms with van der Waals surface area (Å²) in [4.78, 5) is 0. The molecule has 1 aromatic rings. The molecule has 0 spiro atoms. The largest absolute Gasteiger partial charge is 0.459 e. The van der Waals surface area contributed by atoms with E-state index >= 15 is 0 Å². The quantitative estimate of drug-likeness (QED) is 0.764. The molecule has 92 valence electrons. The third kappa shape index (κ3) is 2.00. The summed E-state index contributed by atoms with van der Waals surface area (Å²) in [5.74, 6) is -4.96. The van der Waals surface area contributed by atoms with E-state index in [9.17, 15) is 22.0 Å². The summed E-state index contributed by atoms with van der Waals surface area (Å²) in [7, 11) is 0. The third-order valence-electron chi connectivity index (χ3n) is 2.07. The van der Waals surface area contributed by atoms with E-state index in [4.69, 9.17) is 0 Å². The molecule has 0 N–H and O–H groups in total. The first-order chi connectivity index (χ1) is 7.21. The van der Waals surface area contributed by atoms with Crippen molar-refractivity contribution in [1.29, 1.82) is 0 Å².